The summed E-state index contributed by atoms with van der Waals surface area (Å²) in [6.07, 6.45) is 3.42. The number of rotatable bonds is 2. The fourth-order valence-electron chi connectivity index (χ4n) is 0.996. The van der Waals surface area contributed by atoms with Gasteiger partial charge in [0.05, 0.1) is 0 Å². The maximum atomic E-state index is 11.6. The van der Waals surface area contributed by atoms with Crippen molar-refractivity contribution < 1.29 is 4.79 Å². The summed E-state index contributed by atoms with van der Waals surface area (Å²) in [6.45, 7) is 5.71. The third-order valence-electron chi connectivity index (χ3n) is 2.04. The van der Waals surface area contributed by atoms with Crippen molar-refractivity contribution in [1.82, 2.24) is 0 Å². The molecule has 0 heterocycles. The van der Waals surface area contributed by atoms with Gasteiger partial charge in [-0.05, 0) is 23.8 Å². The van der Waals surface area contributed by atoms with E-state index < -0.39 is 0 Å². The summed E-state index contributed by atoms with van der Waals surface area (Å²) in [5.74, 6) is 0.123. The molecule has 0 radical (unpaired) electrons. The molecule has 0 saturated heterocycles. The Hall–Kier alpha value is -1.08. The first-order valence-corrected chi connectivity index (χ1v) is 5.25. The van der Waals surface area contributed by atoms with Crippen molar-refractivity contribution in [2.75, 3.05) is 0 Å². The van der Waals surface area contributed by atoms with Crippen LogP contribution >= 0.6 is 11.6 Å². The number of carbonyl (C=O) groups is 1. The standard InChI is InChI=1S/C13H15ClO/c1-13(2,3)12(15)9-6-10-4-7-11(14)8-5-10/h4-9H,1-3H3/b9-6-. The zero-order valence-electron chi connectivity index (χ0n) is 9.25. The zero-order chi connectivity index (χ0) is 11.5. The highest BCUT2D eigenvalue weighted by Gasteiger charge is 2.17. The van der Waals surface area contributed by atoms with Crippen molar-refractivity contribution in [3.8, 4) is 0 Å². The lowest BCUT2D eigenvalue weighted by molar-refractivity contribution is -0.121. The molecule has 0 aliphatic rings. The molecule has 0 N–H and O–H groups in total. The predicted molar refractivity (Wildman–Crippen MR) is 64.9 cm³/mol. The fraction of sp³-hybridized carbons (Fsp3) is 0.308. The van der Waals surface area contributed by atoms with Crippen molar-refractivity contribution in [1.29, 1.82) is 0 Å². The topological polar surface area (TPSA) is 17.1 Å². The quantitative estimate of drug-likeness (QED) is 0.692. The minimum Gasteiger partial charge on any atom is -0.294 e. The molecular weight excluding hydrogens is 208 g/mol. The van der Waals surface area contributed by atoms with Gasteiger partial charge in [-0.1, -0.05) is 50.6 Å². The Labute approximate surface area is 95.8 Å². The maximum absolute atomic E-state index is 11.6. The van der Waals surface area contributed by atoms with Gasteiger partial charge in [0, 0.05) is 10.4 Å². The van der Waals surface area contributed by atoms with E-state index in [1.807, 2.05) is 51.1 Å². The Morgan fingerprint density at radius 2 is 1.73 bits per heavy atom. The van der Waals surface area contributed by atoms with Crippen molar-refractivity contribution in [3.05, 3.63) is 40.9 Å². The van der Waals surface area contributed by atoms with Crippen LogP contribution < -0.4 is 0 Å². The molecule has 1 aromatic carbocycles. The lowest BCUT2D eigenvalue weighted by Crippen LogP contribution is -2.17. The van der Waals surface area contributed by atoms with Gasteiger partial charge in [0.25, 0.3) is 0 Å². The lowest BCUT2D eigenvalue weighted by Gasteiger charge is -2.12. The predicted octanol–water partition coefficient (Wildman–Crippen LogP) is 3.97. The highest BCUT2D eigenvalue weighted by Crippen LogP contribution is 2.16. The first-order chi connectivity index (χ1) is 6.89. The Balaban J connectivity index is 2.74. The van der Waals surface area contributed by atoms with Crippen molar-refractivity contribution in [2.24, 2.45) is 5.41 Å². The number of hydrogen-bond donors (Lipinski definition) is 0. The second-order valence-corrected chi connectivity index (χ2v) is 4.94. The van der Waals surface area contributed by atoms with Crippen LogP contribution in [0.15, 0.2) is 30.3 Å². The van der Waals surface area contributed by atoms with Gasteiger partial charge < -0.3 is 0 Å². The van der Waals surface area contributed by atoms with E-state index in [1.165, 1.54) is 0 Å². The molecule has 15 heavy (non-hydrogen) atoms. The van der Waals surface area contributed by atoms with Crippen LogP contribution in [0, 0.1) is 5.41 Å². The van der Waals surface area contributed by atoms with Gasteiger partial charge in [-0.15, -0.1) is 0 Å². The van der Waals surface area contributed by atoms with Gasteiger partial charge in [0.2, 0.25) is 0 Å². The minimum absolute atomic E-state index is 0.123. The van der Waals surface area contributed by atoms with E-state index in [4.69, 9.17) is 11.6 Å². The molecule has 0 aromatic heterocycles. The third-order valence-corrected chi connectivity index (χ3v) is 2.29. The van der Waals surface area contributed by atoms with Crippen LogP contribution in [0.4, 0.5) is 0 Å². The highest BCUT2D eigenvalue weighted by molar-refractivity contribution is 6.30. The second kappa shape index (κ2) is 4.63. The monoisotopic (exact) mass is 222 g/mol. The van der Waals surface area contributed by atoms with E-state index in [-0.39, 0.29) is 11.2 Å². The number of carbonyl (C=O) groups excluding carboxylic acids is 1. The van der Waals surface area contributed by atoms with Crippen molar-refractivity contribution >= 4 is 23.5 Å². The lowest BCUT2D eigenvalue weighted by atomic mass is 9.90. The summed E-state index contributed by atoms with van der Waals surface area (Å²) < 4.78 is 0. The van der Waals surface area contributed by atoms with E-state index in [2.05, 4.69) is 0 Å². The van der Waals surface area contributed by atoms with Gasteiger partial charge in [-0.2, -0.15) is 0 Å². The molecule has 1 nitrogen and oxygen atoms in total. The van der Waals surface area contributed by atoms with Crippen molar-refractivity contribution in [3.63, 3.8) is 0 Å². The highest BCUT2D eigenvalue weighted by atomic mass is 35.5. The van der Waals surface area contributed by atoms with E-state index in [1.54, 1.807) is 6.08 Å². The fourth-order valence-corrected chi connectivity index (χ4v) is 1.12. The first kappa shape index (κ1) is 12.0. The Morgan fingerprint density at radius 1 is 1.20 bits per heavy atom. The van der Waals surface area contributed by atoms with Crippen LogP contribution in [0.25, 0.3) is 6.08 Å². The average Bonchev–Trinajstić information content (AvgIpc) is 2.15. The maximum Gasteiger partial charge on any atom is 0.161 e. The van der Waals surface area contributed by atoms with Gasteiger partial charge in [-0.3, -0.25) is 4.79 Å². The normalized spacial score (nSPS) is 12.0. The molecule has 80 valence electrons. The molecule has 0 aliphatic carbocycles. The molecule has 0 unspecified atom stereocenters. The second-order valence-electron chi connectivity index (χ2n) is 4.50. The zero-order valence-corrected chi connectivity index (χ0v) is 10.0. The number of hydrogen-bond acceptors (Lipinski definition) is 1. The van der Waals surface area contributed by atoms with Gasteiger partial charge in [0.1, 0.15) is 0 Å². The summed E-state index contributed by atoms with van der Waals surface area (Å²) in [7, 11) is 0. The smallest absolute Gasteiger partial charge is 0.161 e. The largest absolute Gasteiger partial charge is 0.294 e. The SMILES string of the molecule is CC(C)(C)C(=O)/C=C\c1ccc(Cl)cc1. The Morgan fingerprint density at radius 3 is 2.20 bits per heavy atom. The van der Waals surface area contributed by atoms with Crippen LogP contribution in [-0.4, -0.2) is 5.78 Å². The van der Waals surface area contributed by atoms with E-state index in [9.17, 15) is 4.79 Å². The third kappa shape index (κ3) is 3.88. The van der Waals surface area contributed by atoms with Crippen molar-refractivity contribution in [2.45, 2.75) is 20.8 Å². The molecule has 1 rings (SSSR count). The number of ketones is 1. The first-order valence-electron chi connectivity index (χ1n) is 4.88. The van der Waals surface area contributed by atoms with Crippen LogP contribution in [0.2, 0.25) is 5.02 Å². The minimum atomic E-state index is -0.317. The number of allylic oxidation sites excluding steroid dienone is 1. The number of halogens is 1. The Kier molecular flexibility index (Phi) is 3.70. The van der Waals surface area contributed by atoms with Gasteiger partial charge in [0.15, 0.2) is 5.78 Å². The summed E-state index contributed by atoms with van der Waals surface area (Å²) in [4.78, 5) is 11.6. The molecule has 0 bridgehead atoms. The molecule has 0 fully saturated rings. The summed E-state index contributed by atoms with van der Waals surface area (Å²) in [5.41, 5.74) is 0.667. The number of benzene rings is 1. The molecule has 0 spiro atoms. The van der Waals surface area contributed by atoms with Crippen LogP contribution in [0.5, 0.6) is 0 Å². The van der Waals surface area contributed by atoms with E-state index in [0.29, 0.717) is 5.02 Å². The molecule has 0 amide bonds. The molecule has 0 saturated carbocycles. The van der Waals surface area contributed by atoms with E-state index >= 15 is 0 Å². The molecule has 1 aromatic rings. The van der Waals surface area contributed by atoms with Crippen LogP contribution in [0.3, 0.4) is 0 Å². The van der Waals surface area contributed by atoms with Gasteiger partial charge >= 0.3 is 0 Å². The summed E-state index contributed by atoms with van der Waals surface area (Å²) in [5, 5.41) is 0.703. The molecular formula is C13H15ClO. The van der Waals surface area contributed by atoms with Crippen LogP contribution in [0.1, 0.15) is 26.3 Å². The van der Waals surface area contributed by atoms with Crippen LogP contribution in [-0.2, 0) is 4.79 Å². The molecule has 2 heteroatoms. The molecule has 0 atom stereocenters. The molecule has 0 aliphatic heterocycles. The summed E-state index contributed by atoms with van der Waals surface area (Å²) in [6, 6.07) is 7.38. The Bertz CT molecular complexity index is 369. The average molecular weight is 223 g/mol. The van der Waals surface area contributed by atoms with Gasteiger partial charge in [-0.25, -0.2) is 0 Å². The van der Waals surface area contributed by atoms with E-state index in [0.717, 1.165) is 5.56 Å². The summed E-state index contributed by atoms with van der Waals surface area (Å²) >= 11 is 5.76.